The second kappa shape index (κ2) is 5.68. The maximum Gasteiger partial charge on any atom is 0.282 e. The number of nitrogens with one attached hydrogen (secondary N) is 1. The van der Waals surface area contributed by atoms with Crippen LogP contribution in [0.2, 0.25) is 0 Å². The maximum absolute atomic E-state index is 12.6. The molecule has 0 radical (unpaired) electrons. The minimum atomic E-state index is -0.451. The average molecular weight is 387 g/mol. The van der Waals surface area contributed by atoms with Crippen LogP contribution in [0.1, 0.15) is 5.56 Å². The van der Waals surface area contributed by atoms with Crippen molar-refractivity contribution in [2.24, 2.45) is 0 Å². The molecule has 1 fully saturated rings. The summed E-state index contributed by atoms with van der Waals surface area (Å²) in [7, 11) is 0. The Kier molecular flexibility index (Phi) is 3.50. The van der Waals surface area contributed by atoms with Gasteiger partial charge in [-0.15, -0.1) is 0 Å². The van der Waals surface area contributed by atoms with Crippen molar-refractivity contribution in [2.45, 2.75) is 0 Å². The van der Waals surface area contributed by atoms with Crippen LogP contribution in [0.25, 0.3) is 6.08 Å². The Bertz CT molecular complexity index is 880. The lowest BCUT2D eigenvalue weighted by atomic mass is 10.1. The number of benzene rings is 2. The number of anilines is 1. The van der Waals surface area contributed by atoms with E-state index < -0.39 is 11.8 Å². The summed E-state index contributed by atoms with van der Waals surface area (Å²) >= 11 is 3.42. The Balaban J connectivity index is 1.71. The van der Waals surface area contributed by atoms with Crippen molar-refractivity contribution in [1.82, 2.24) is 5.43 Å². The lowest BCUT2D eigenvalue weighted by molar-refractivity contribution is -0.117. The van der Waals surface area contributed by atoms with Gasteiger partial charge in [-0.3, -0.25) is 15.0 Å². The first-order valence-corrected chi connectivity index (χ1v) is 7.94. The monoisotopic (exact) mass is 386 g/mol. The van der Waals surface area contributed by atoms with Gasteiger partial charge < -0.3 is 9.47 Å². The van der Waals surface area contributed by atoms with Gasteiger partial charge in [0.25, 0.3) is 11.8 Å². The van der Waals surface area contributed by atoms with Gasteiger partial charge in [0, 0.05) is 4.47 Å². The Morgan fingerprint density at radius 1 is 1.08 bits per heavy atom. The zero-order valence-electron chi connectivity index (χ0n) is 12.3. The molecule has 2 amide bonds. The summed E-state index contributed by atoms with van der Waals surface area (Å²) in [4.78, 5) is 24.8. The van der Waals surface area contributed by atoms with Crippen LogP contribution < -0.4 is 19.9 Å². The van der Waals surface area contributed by atoms with Gasteiger partial charge in [-0.25, -0.2) is 5.01 Å². The van der Waals surface area contributed by atoms with E-state index in [0.717, 1.165) is 0 Å². The number of hydrogen-bond donors (Lipinski definition) is 1. The largest absolute Gasteiger partial charge is 0.454 e. The molecule has 0 aromatic heterocycles. The zero-order chi connectivity index (χ0) is 16.7. The van der Waals surface area contributed by atoms with Crippen LogP contribution in [-0.2, 0) is 9.59 Å². The quantitative estimate of drug-likeness (QED) is 0.636. The second-order valence-corrected chi connectivity index (χ2v) is 6.06. The summed E-state index contributed by atoms with van der Waals surface area (Å²) < 4.78 is 11.3. The van der Waals surface area contributed by atoms with Crippen molar-refractivity contribution in [1.29, 1.82) is 0 Å². The van der Waals surface area contributed by atoms with Crippen molar-refractivity contribution in [2.75, 3.05) is 11.8 Å². The highest BCUT2D eigenvalue weighted by atomic mass is 79.9. The van der Waals surface area contributed by atoms with E-state index in [0.29, 0.717) is 27.2 Å². The molecule has 2 aliphatic heterocycles. The summed E-state index contributed by atoms with van der Waals surface area (Å²) in [6.45, 7) is 0.156. The van der Waals surface area contributed by atoms with Crippen LogP contribution in [-0.4, -0.2) is 18.6 Å². The van der Waals surface area contributed by atoms with E-state index in [1.165, 1.54) is 11.1 Å². The minimum absolute atomic E-state index is 0.0541. The fourth-order valence-electron chi connectivity index (χ4n) is 2.52. The third kappa shape index (κ3) is 2.43. The Morgan fingerprint density at radius 3 is 2.54 bits per heavy atom. The zero-order valence-corrected chi connectivity index (χ0v) is 13.9. The van der Waals surface area contributed by atoms with E-state index in [2.05, 4.69) is 21.4 Å². The fraction of sp³-hybridized carbons (Fsp3) is 0.0588. The van der Waals surface area contributed by atoms with Gasteiger partial charge in [-0.05, 0) is 35.9 Å². The Morgan fingerprint density at radius 2 is 1.79 bits per heavy atom. The maximum atomic E-state index is 12.6. The number of ether oxygens (including phenoxy) is 2. The summed E-state index contributed by atoms with van der Waals surface area (Å²) in [6.07, 6.45) is 1.53. The highest BCUT2D eigenvalue weighted by Crippen LogP contribution is 2.38. The molecular weight excluding hydrogens is 376 g/mol. The highest BCUT2D eigenvalue weighted by Gasteiger charge is 2.34. The van der Waals surface area contributed by atoms with Crippen LogP contribution in [0.5, 0.6) is 11.5 Å². The number of carbonyl (C=O) groups excluding carboxylic acids is 2. The summed E-state index contributed by atoms with van der Waals surface area (Å²) in [6, 6.07) is 12.4. The van der Waals surface area contributed by atoms with E-state index >= 15 is 0 Å². The van der Waals surface area contributed by atoms with Crippen molar-refractivity contribution in [3.05, 3.63) is 58.1 Å². The third-order valence-electron chi connectivity index (χ3n) is 3.70. The average Bonchev–Trinajstić information content (AvgIpc) is 3.14. The molecule has 6 nitrogen and oxygen atoms in total. The molecule has 1 saturated heterocycles. The standard InChI is InChI=1S/C17H11BrN2O4/c18-13-8-15-14(23-9-24-15)7-10(13)6-12-16(21)19-20(17(12)22)11-4-2-1-3-5-11/h1-8H,9H2,(H,19,21). The number of fused-ring (bicyclic) bond motifs is 1. The first-order valence-electron chi connectivity index (χ1n) is 7.15. The molecule has 0 bridgehead atoms. The predicted molar refractivity (Wildman–Crippen MR) is 90.3 cm³/mol. The van der Waals surface area contributed by atoms with Gasteiger partial charge in [-0.1, -0.05) is 34.1 Å². The number of hydrazine groups is 1. The molecular formula is C17H11BrN2O4. The van der Waals surface area contributed by atoms with Crippen molar-refractivity contribution < 1.29 is 19.1 Å². The summed E-state index contributed by atoms with van der Waals surface area (Å²) in [5.41, 5.74) is 3.88. The third-order valence-corrected chi connectivity index (χ3v) is 4.38. The predicted octanol–water partition coefficient (Wildman–Crippen LogP) is 2.64. The van der Waals surface area contributed by atoms with Crippen LogP contribution in [0.4, 0.5) is 5.69 Å². The first-order chi connectivity index (χ1) is 11.6. The SMILES string of the molecule is O=C1NN(c2ccccc2)C(=O)C1=Cc1cc2c(cc1Br)OCO2. The van der Waals surface area contributed by atoms with Crippen LogP contribution in [0.15, 0.2) is 52.5 Å². The van der Waals surface area contributed by atoms with Gasteiger partial charge in [0.1, 0.15) is 5.57 Å². The summed E-state index contributed by atoms with van der Waals surface area (Å²) in [5.74, 6) is 0.345. The molecule has 7 heteroatoms. The molecule has 2 aliphatic rings. The topological polar surface area (TPSA) is 67.9 Å². The van der Waals surface area contributed by atoms with Gasteiger partial charge in [0.05, 0.1) is 5.69 Å². The van der Waals surface area contributed by atoms with E-state index in [-0.39, 0.29) is 12.4 Å². The van der Waals surface area contributed by atoms with E-state index in [1.54, 1.807) is 36.4 Å². The summed E-state index contributed by atoms with van der Waals surface area (Å²) in [5, 5.41) is 1.23. The number of rotatable bonds is 2. The minimum Gasteiger partial charge on any atom is -0.454 e. The van der Waals surface area contributed by atoms with Gasteiger partial charge >= 0.3 is 0 Å². The molecule has 2 aromatic carbocycles. The lowest BCUT2D eigenvalue weighted by Crippen LogP contribution is -2.35. The molecule has 2 heterocycles. The number of halogens is 1. The molecule has 0 spiro atoms. The van der Waals surface area contributed by atoms with Gasteiger partial charge in [0.15, 0.2) is 11.5 Å². The molecule has 0 aliphatic carbocycles. The lowest BCUT2D eigenvalue weighted by Gasteiger charge is -2.13. The second-order valence-electron chi connectivity index (χ2n) is 5.20. The van der Waals surface area contributed by atoms with Crippen LogP contribution >= 0.6 is 15.9 Å². The van der Waals surface area contributed by atoms with Gasteiger partial charge in [0.2, 0.25) is 6.79 Å². The molecule has 0 unspecified atom stereocenters. The van der Waals surface area contributed by atoms with Crippen LogP contribution in [0.3, 0.4) is 0 Å². The number of hydrogen-bond acceptors (Lipinski definition) is 4. The number of carbonyl (C=O) groups is 2. The normalized spacial score (nSPS) is 17.5. The Hall–Kier alpha value is -2.80. The number of amides is 2. The Labute approximate surface area is 145 Å². The van der Waals surface area contributed by atoms with E-state index in [1.807, 2.05) is 6.07 Å². The fourth-order valence-corrected chi connectivity index (χ4v) is 2.95. The molecule has 1 N–H and O–H groups in total. The number of para-hydroxylation sites is 1. The number of nitrogens with zero attached hydrogens (tertiary/aromatic N) is 1. The highest BCUT2D eigenvalue weighted by molar-refractivity contribution is 9.10. The van der Waals surface area contributed by atoms with Crippen molar-refractivity contribution >= 4 is 39.5 Å². The van der Waals surface area contributed by atoms with Crippen LogP contribution in [0, 0.1) is 0 Å². The molecule has 2 aromatic rings. The van der Waals surface area contributed by atoms with E-state index in [4.69, 9.17) is 9.47 Å². The first kappa shape index (κ1) is 14.8. The van der Waals surface area contributed by atoms with Crippen molar-refractivity contribution in [3.8, 4) is 11.5 Å². The smallest absolute Gasteiger partial charge is 0.282 e. The molecule has 4 rings (SSSR count). The van der Waals surface area contributed by atoms with Crippen molar-refractivity contribution in [3.63, 3.8) is 0 Å². The van der Waals surface area contributed by atoms with E-state index in [9.17, 15) is 9.59 Å². The molecule has 0 atom stereocenters. The molecule has 120 valence electrons. The molecule has 0 saturated carbocycles. The van der Waals surface area contributed by atoms with Gasteiger partial charge in [-0.2, -0.15) is 0 Å². The molecule has 24 heavy (non-hydrogen) atoms.